The van der Waals surface area contributed by atoms with Crippen LogP contribution >= 0.6 is 0 Å². The van der Waals surface area contributed by atoms with E-state index in [1.807, 2.05) is 0 Å². The Morgan fingerprint density at radius 1 is 1.37 bits per heavy atom. The van der Waals surface area contributed by atoms with Gasteiger partial charge in [0.2, 0.25) is 5.91 Å². The molecule has 2 atom stereocenters. The van der Waals surface area contributed by atoms with Crippen LogP contribution in [0.1, 0.15) is 6.92 Å². The van der Waals surface area contributed by atoms with Gasteiger partial charge < -0.3 is 25.4 Å². The third-order valence-electron chi connectivity index (χ3n) is 2.59. The molecular formula is C11H21N3O5. The SMILES string of the molecule is CNC(=O)C(C)CN(C)C(=O)NCC(OC)C(=O)O. The highest BCUT2D eigenvalue weighted by molar-refractivity contribution is 5.80. The number of amides is 3. The third kappa shape index (κ3) is 6.05. The number of hydrogen-bond acceptors (Lipinski definition) is 4. The van der Waals surface area contributed by atoms with Gasteiger partial charge in [-0.15, -0.1) is 0 Å². The van der Waals surface area contributed by atoms with Gasteiger partial charge in [-0.2, -0.15) is 0 Å². The molecule has 3 N–H and O–H groups in total. The Hall–Kier alpha value is -1.83. The molecule has 0 bridgehead atoms. The number of carboxylic acid groups (broad SMARTS) is 1. The van der Waals surface area contributed by atoms with E-state index in [1.165, 1.54) is 26.1 Å². The molecule has 0 aliphatic carbocycles. The molecule has 2 unspecified atom stereocenters. The van der Waals surface area contributed by atoms with E-state index in [1.54, 1.807) is 6.92 Å². The van der Waals surface area contributed by atoms with Crippen molar-refractivity contribution in [2.75, 3.05) is 34.3 Å². The number of nitrogens with one attached hydrogen (secondary N) is 2. The molecule has 8 nitrogen and oxygen atoms in total. The lowest BCUT2D eigenvalue weighted by Crippen LogP contribution is -2.46. The minimum Gasteiger partial charge on any atom is -0.479 e. The molecule has 0 aromatic heterocycles. The molecule has 0 rings (SSSR count). The van der Waals surface area contributed by atoms with Crippen molar-refractivity contribution in [3.05, 3.63) is 0 Å². The molecule has 0 aromatic carbocycles. The van der Waals surface area contributed by atoms with E-state index in [0.29, 0.717) is 0 Å². The van der Waals surface area contributed by atoms with Crippen LogP contribution in [-0.4, -0.2) is 68.3 Å². The maximum atomic E-state index is 11.7. The zero-order valence-corrected chi connectivity index (χ0v) is 11.6. The Balaban J connectivity index is 4.20. The van der Waals surface area contributed by atoms with Crippen molar-refractivity contribution < 1.29 is 24.2 Å². The number of aliphatic carboxylic acids is 1. The summed E-state index contributed by atoms with van der Waals surface area (Å²) in [5, 5.41) is 13.6. The fourth-order valence-electron chi connectivity index (χ4n) is 1.41. The fraction of sp³-hybridized carbons (Fsp3) is 0.727. The third-order valence-corrected chi connectivity index (χ3v) is 2.59. The summed E-state index contributed by atoms with van der Waals surface area (Å²) in [6.07, 6.45) is -1.09. The van der Waals surface area contributed by atoms with Gasteiger partial charge in [-0.3, -0.25) is 4.79 Å². The number of ether oxygens (including phenoxy) is 1. The van der Waals surface area contributed by atoms with Crippen LogP contribution in [-0.2, 0) is 14.3 Å². The summed E-state index contributed by atoms with van der Waals surface area (Å²) in [6.45, 7) is 1.79. The molecule has 3 amide bonds. The lowest BCUT2D eigenvalue weighted by Gasteiger charge is -2.22. The standard InChI is InChI=1S/C11H21N3O5/c1-7(9(15)12-2)6-14(3)11(18)13-5-8(19-4)10(16)17/h7-8H,5-6H2,1-4H3,(H,12,15)(H,13,18)(H,16,17). The molecule has 0 aliphatic rings. The van der Waals surface area contributed by atoms with Gasteiger partial charge in [0.05, 0.1) is 12.5 Å². The molecule has 0 fully saturated rings. The Bertz CT molecular complexity index is 334. The van der Waals surface area contributed by atoms with Gasteiger partial charge in [0, 0.05) is 27.7 Å². The number of rotatable bonds is 7. The zero-order valence-electron chi connectivity index (χ0n) is 11.6. The maximum absolute atomic E-state index is 11.7. The first-order valence-corrected chi connectivity index (χ1v) is 5.79. The van der Waals surface area contributed by atoms with Crippen LogP contribution in [0.5, 0.6) is 0 Å². The number of carbonyl (C=O) groups excluding carboxylic acids is 2. The summed E-state index contributed by atoms with van der Waals surface area (Å²) in [5.74, 6) is -1.66. The summed E-state index contributed by atoms with van der Waals surface area (Å²) in [6, 6.07) is -0.459. The molecule has 0 heterocycles. The molecule has 0 spiro atoms. The zero-order chi connectivity index (χ0) is 15.0. The minimum atomic E-state index is -1.15. The fourth-order valence-corrected chi connectivity index (χ4v) is 1.41. The Kier molecular flexibility index (Phi) is 7.50. The second kappa shape index (κ2) is 8.30. The molecule has 0 radical (unpaired) electrons. The summed E-state index contributed by atoms with van der Waals surface area (Å²) >= 11 is 0. The molecule has 19 heavy (non-hydrogen) atoms. The first kappa shape index (κ1) is 17.2. The van der Waals surface area contributed by atoms with Crippen molar-refractivity contribution in [3.63, 3.8) is 0 Å². The van der Waals surface area contributed by atoms with Gasteiger partial charge in [-0.25, -0.2) is 9.59 Å². The highest BCUT2D eigenvalue weighted by Gasteiger charge is 2.20. The van der Waals surface area contributed by atoms with Crippen molar-refractivity contribution in [2.45, 2.75) is 13.0 Å². The van der Waals surface area contributed by atoms with Crippen LogP contribution in [0.25, 0.3) is 0 Å². The number of carboxylic acids is 1. The van der Waals surface area contributed by atoms with Gasteiger partial charge >= 0.3 is 12.0 Å². The molecule has 110 valence electrons. The number of methoxy groups -OCH3 is 1. The summed E-state index contributed by atoms with van der Waals surface area (Å²) in [5.41, 5.74) is 0. The predicted octanol–water partition coefficient (Wildman–Crippen LogP) is -0.890. The number of carbonyl (C=O) groups is 3. The van der Waals surface area contributed by atoms with Gasteiger partial charge in [-0.05, 0) is 0 Å². The molecule has 8 heteroatoms. The Labute approximate surface area is 112 Å². The predicted molar refractivity (Wildman–Crippen MR) is 67.7 cm³/mol. The Morgan fingerprint density at radius 2 is 1.95 bits per heavy atom. The first-order valence-electron chi connectivity index (χ1n) is 5.79. The first-order chi connectivity index (χ1) is 8.83. The second-order valence-corrected chi connectivity index (χ2v) is 4.14. The van der Waals surface area contributed by atoms with E-state index in [4.69, 9.17) is 5.11 Å². The average molecular weight is 275 g/mol. The largest absolute Gasteiger partial charge is 0.479 e. The van der Waals surface area contributed by atoms with E-state index in [0.717, 1.165) is 0 Å². The molecule has 0 saturated carbocycles. The van der Waals surface area contributed by atoms with E-state index >= 15 is 0 Å². The van der Waals surface area contributed by atoms with Crippen LogP contribution in [0.4, 0.5) is 4.79 Å². The van der Waals surface area contributed by atoms with Crippen molar-refractivity contribution in [1.29, 1.82) is 0 Å². The molecule has 0 aliphatic heterocycles. The summed E-state index contributed by atoms with van der Waals surface area (Å²) in [4.78, 5) is 35.0. The van der Waals surface area contributed by atoms with Gasteiger partial charge in [0.1, 0.15) is 0 Å². The summed E-state index contributed by atoms with van der Waals surface area (Å²) in [7, 11) is 4.30. The van der Waals surface area contributed by atoms with Crippen molar-refractivity contribution in [3.8, 4) is 0 Å². The van der Waals surface area contributed by atoms with Gasteiger partial charge in [0.15, 0.2) is 6.10 Å². The van der Waals surface area contributed by atoms with Gasteiger partial charge in [0.25, 0.3) is 0 Å². The highest BCUT2D eigenvalue weighted by Crippen LogP contribution is 1.98. The molecule has 0 aromatic rings. The average Bonchev–Trinajstić information content (AvgIpc) is 2.37. The van der Waals surface area contributed by atoms with Crippen LogP contribution in [0.15, 0.2) is 0 Å². The lowest BCUT2D eigenvalue weighted by atomic mass is 10.1. The normalized spacial score (nSPS) is 13.3. The van der Waals surface area contributed by atoms with Crippen LogP contribution in [0, 0.1) is 5.92 Å². The van der Waals surface area contributed by atoms with Crippen LogP contribution in [0.2, 0.25) is 0 Å². The number of urea groups is 1. The second-order valence-electron chi connectivity index (χ2n) is 4.14. The number of nitrogens with zero attached hydrogens (tertiary/aromatic N) is 1. The molecule has 0 saturated heterocycles. The van der Waals surface area contributed by atoms with Gasteiger partial charge in [-0.1, -0.05) is 6.92 Å². The van der Waals surface area contributed by atoms with Crippen molar-refractivity contribution in [1.82, 2.24) is 15.5 Å². The topological polar surface area (TPSA) is 108 Å². The van der Waals surface area contributed by atoms with Crippen LogP contribution < -0.4 is 10.6 Å². The number of hydrogen-bond donors (Lipinski definition) is 3. The van der Waals surface area contributed by atoms with Crippen molar-refractivity contribution in [2.24, 2.45) is 5.92 Å². The monoisotopic (exact) mass is 275 g/mol. The highest BCUT2D eigenvalue weighted by atomic mass is 16.5. The quantitative estimate of drug-likeness (QED) is 0.558. The van der Waals surface area contributed by atoms with E-state index in [9.17, 15) is 14.4 Å². The van der Waals surface area contributed by atoms with E-state index < -0.39 is 18.1 Å². The smallest absolute Gasteiger partial charge is 0.334 e. The van der Waals surface area contributed by atoms with E-state index in [-0.39, 0.29) is 24.9 Å². The van der Waals surface area contributed by atoms with Crippen molar-refractivity contribution >= 4 is 17.9 Å². The minimum absolute atomic E-state index is 0.136. The lowest BCUT2D eigenvalue weighted by molar-refractivity contribution is -0.148. The maximum Gasteiger partial charge on any atom is 0.334 e. The van der Waals surface area contributed by atoms with E-state index in [2.05, 4.69) is 15.4 Å². The summed E-state index contributed by atoms with van der Waals surface area (Å²) < 4.78 is 4.68. The molecular weight excluding hydrogens is 254 g/mol. The Morgan fingerprint density at radius 3 is 2.37 bits per heavy atom. The van der Waals surface area contributed by atoms with Crippen LogP contribution in [0.3, 0.4) is 0 Å².